The lowest BCUT2D eigenvalue weighted by atomic mass is 10.2. The van der Waals surface area contributed by atoms with Gasteiger partial charge in [-0.3, -0.25) is 0 Å². The van der Waals surface area contributed by atoms with Crippen molar-refractivity contribution in [3.63, 3.8) is 0 Å². The Hall–Kier alpha value is -0.770. The molecule has 0 saturated carbocycles. The fourth-order valence-electron chi connectivity index (χ4n) is 1.64. The molecule has 1 fully saturated rings. The van der Waals surface area contributed by atoms with Crippen LogP contribution in [0.3, 0.4) is 0 Å². The third kappa shape index (κ3) is 2.87. The van der Waals surface area contributed by atoms with Crippen LogP contribution in [0.5, 0.6) is 0 Å². The summed E-state index contributed by atoms with van der Waals surface area (Å²) in [5.41, 5.74) is 0. The third-order valence-electron chi connectivity index (χ3n) is 2.86. The molecule has 1 aliphatic heterocycles. The minimum atomic E-state index is 0.183. The summed E-state index contributed by atoms with van der Waals surface area (Å²) in [4.78, 5) is 15.2. The highest BCUT2D eigenvalue weighted by Gasteiger charge is 2.24. The smallest absolute Gasteiger partial charge is 0.319 e. The first-order valence-electron chi connectivity index (χ1n) is 5.32. The van der Waals surface area contributed by atoms with E-state index in [9.17, 15) is 4.79 Å². The zero-order valence-corrected chi connectivity index (χ0v) is 9.42. The molecular formula is C10H21N3O. The van der Waals surface area contributed by atoms with Gasteiger partial charge in [0, 0.05) is 32.7 Å². The maximum atomic E-state index is 11.5. The minimum Gasteiger partial charge on any atom is -0.326 e. The molecule has 4 heteroatoms. The maximum absolute atomic E-state index is 11.5. The second kappa shape index (κ2) is 5.20. The summed E-state index contributed by atoms with van der Waals surface area (Å²) >= 11 is 0. The Balaban J connectivity index is 2.16. The molecule has 1 saturated heterocycles. The number of nitrogens with zero attached hydrogens (tertiary/aromatic N) is 2. The molecule has 1 N–H and O–H groups in total. The number of carbonyl (C=O) groups is 1. The molecule has 0 bridgehead atoms. The highest BCUT2D eigenvalue weighted by atomic mass is 16.2. The molecule has 0 spiro atoms. The molecule has 0 radical (unpaired) electrons. The van der Waals surface area contributed by atoms with E-state index in [4.69, 9.17) is 0 Å². The predicted octanol–water partition coefficient (Wildman–Crippen LogP) is 0.742. The number of rotatable bonds is 5. The van der Waals surface area contributed by atoms with Gasteiger partial charge in [-0.1, -0.05) is 0 Å². The first kappa shape index (κ1) is 11.3. The molecule has 1 unspecified atom stereocenters. The summed E-state index contributed by atoms with van der Waals surface area (Å²) in [5.74, 6) is 0. The van der Waals surface area contributed by atoms with Crippen LogP contribution in [0, 0.1) is 0 Å². The SMILES string of the molecule is CNC(C)CCCN1CCN(C)C1=O. The topological polar surface area (TPSA) is 35.6 Å². The Kier molecular flexibility index (Phi) is 4.20. The van der Waals surface area contributed by atoms with E-state index in [0.29, 0.717) is 6.04 Å². The Bertz CT molecular complexity index is 196. The highest BCUT2D eigenvalue weighted by molar-refractivity contribution is 5.76. The van der Waals surface area contributed by atoms with Crippen molar-refractivity contribution in [1.82, 2.24) is 15.1 Å². The molecule has 1 atom stereocenters. The number of likely N-dealkylation sites (N-methyl/N-ethyl adjacent to an activating group) is 1. The van der Waals surface area contributed by atoms with Crippen LogP contribution >= 0.6 is 0 Å². The number of hydrogen-bond acceptors (Lipinski definition) is 2. The maximum Gasteiger partial charge on any atom is 0.319 e. The fraction of sp³-hybridized carbons (Fsp3) is 0.900. The fourth-order valence-corrected chi connectivity index (χ4v) is 1.64. The molecule has 0 aromatic heterocycles. The zero-order valence-electron chi connectivity index (χ0n) is 9.42. The van der Waals surface area contributed by atoms with Gasteiger partial charge >= 0.3 is 6.03 Å². The molecule has 2 amide bonds. The summed E-state index contributed by atoms with van der Waals surface area (Å²) in [7, 11) is 3.83. The number of hydrogen-bond donors (Lipinski definition) is 1. The van der Waals surface area contributed by atoms with Crippen molar-refractivity contribution in [2.24, 2.45) is 0 Å². The lowest BCUT2D eigenvalue weighted by Crippen LogP contribution is -2.31. The van der Waals surface area contributed by atoms with Gasteiger partial charge in [0.2, 0.25) is 0 Å². The van der Waals surface area contributed by atoms with Gasteiger partial charge in [0.25, 0.3) is 0 Å². The molecule has 0 aliphatic carbocycles. The monoisotopic (exact) mass is 199 g/mol. The van der Waals surface area contributed by atoms with Crippen molar-refractivity contribution in [2.75, 3.05) is 33.7 Å². The Morgan fingerprint density at radius 2 is 2.21 bits per heavy atom. The van der Waals surface area contributed by atoms with Gasteiger partial charge in [-0.25, -0.2) is 4.79 Å². The highest BCUT2D eigenvalue weighted by Crippen LogP contribution is 2.07. The lowest BCUT2D eigenvalue weighted by molar-refractivity contribution is 0.197. The summed E-state index contributed by atoms with van der Waals surface area (Å²) in [6.45, 7) is 4.83. The second-order valence-electron chi connectivity index (χ2n) is 4.02. The second-order valence-corrected chi connectivity index (χ2v) is 4.02. The Morgan fingerprint density at radius 3 is 2.71 bits per heavy atom. The normalized spacial score (nSPS) is 19.2. The van der Waals surface area contributed by atoms with Crippen molar-refractivity contribution in [2.45, 2.75) is 25.8 Å². The van der Waals surface area contributed by atoms with E-state index >= 15 is 0 Å². The first-order valence-corrected chi connectivity index (χ1v) is 5.32. The van der Waals surface area contributed by atoms with Crippen LogP contribution in [0.2, 0.25) is 0 Å². The molecule has 4 nitrogen and oxygen atoms in total. The van der Waals surface area contributed by atoms with Gasteiger partial charge in [-0.2, -0.15) is 0 Å². The van der Waals surface area contributed by atoms with Crippen LogP contribution in [0.25, 0.3) is 0 Å². The first-order chi connectivity index (χ1) is 6.65. The predicted molar refractivity (Wildman–Crippen MR) is 57.4 cm³/mol. The van der Waals surface area contributed by atoms with E-state index in [0.717, 1.165) is 32.5 Å². The number of nitrogens with one attached hydrogen (secondary N) is 1. The molecular weight excluding hydrogens is 178 g/mol. The molecule has 82 valence electrons. The molecule has 0 aromatic carbocycles. The van der Waals surface area contributed by atoms with Crippen LogP contribution in [-0.2, 0) is 0 Å². The van der Waals surface area contributed by atoms with Crippen LogP contribution in [-0.4, -0.2) is 55.6 Å². The van der Waals surface area contributed by atoms with E-state index in [1.54, 1.807) is 4.90 Å². The van der Waals surface area contributed by atoms with Crippen molar-refractivity contribution in [3.8, 4) is 0 Å². The molecule has 0 aromatic rings. The van der Waals surface area contributed by atoms with E-state index in [1.807, 2.05) is 19.0 Å². The van der Waals surface area contributed by atoms with Crippen molar-refractivity contribution >= 4 is 6.03 Å². The lowest BCUT2D eigenvalue weighted by Gasteiger charge is -2.17. The standard InChI is InChI=1S/C10H21N3O/c1-9(11-2)5-4-6-13-8-7-12(3)10(13)14/h9,11H,4-8H2,1-3H3. The number of amides is 2. The average Bonchev–Trinajstić information content (AvgIpc) is 2.49. The van der Waals surface area contributed by atoms with E-state index in [-0.39, 0.29) is 6.03 Å². The van der Waals surface area contributed by atoms with Gasteiger partial charge < -0.3 is 15.1 Å². The summed E-state index contributed by atoms with van der Waals surface area (Å²) in [5, 5.41) is 3.20. The zero-order chi connectivity index (χ0) is 10.6. The van der Waals surface area contributed by atoms with Crippen LogP contribution in [0.15, 0.2) is 0 Å². The number of carbonyl (C=O) groups excluding carboxylic acids is 1. The van der Waals surface area contributed by atoms with E-state index in [2.05, 4.69) is 12.2 Å². The van der Waals surface area contributed by atoms with E-state index < -0.39 is 0 Å². The third-order valence-corrected chi connectivity index (χ3v) is 2.86. The van der Waals surface area contributed by atoms with Gasteiger partial charge in [0.1, 0.15) is 0 Å². The Morgan fingerprint density at radius 1 is 1.50 bits per heavy atom. The van der Waals surface area contributed by atoms with Crippen LogP contribution in [0.1, 0.15) is 19.8 Å². The summed E-state index contributed by atoms with van der Waals surface area (Å²) in [6.07, 6.45) is 2.21. The number of urea groups is 1. The van der Waals surface area contributed by atoms with Crippen LogP contribution in [0.4, 0.5) is 4.79 Å². The minimum absolute atomic E-state index is 0.183. The van der Waals surface area contributed by atoms with Crippen molar-refractivity contribution < 1.29 is 4.79 Å². The van der Waals surface area contributed by atoms with Gasteiger partial charge in [0.05, 0.1) is 0 Å². The summed E-state index contributed by atoms with van der Waals surface area (Å²) < 4.78 is 0. The molecule has 1 rings (SSSR count). The molecule has 1 heterocycles. The van der Waals surface area contributed by atoms with Gasteiger partial charge in [-0.05, 0) is 26.8 Å². The van der Waals surface area contributed by atoms with Gasteiger partial charge in [0.15, 0.2) is 0 Å². The molecule has 1 aliphatic rings. The van der Waals surface area contributed by atoms with Crippen molar-refractivity contribution in [3.05, 3.63) is 0 Å². The van der Waals surface area contributed by atoms with Gasteiger partial charge in [-0.15, -0.1) is 0 Å². The van der Waals surface area contributed by atoms with E-state index in [1.165, 1.54) is 0 Å². The van der Waals surface area contributed by atoms with Crippen molar-refractivity contribution in [1.29, 1.82) is 0 Å². The largest absolute Gasteiger partial charge is 0.326 e. The quantitative estimate of drug-likeness (QED) is 0.709. The Labute approximate surface area is 86.2 Å². The molecule has 14 heavy (non-hydrogen) atoms. The summed E-state index contributed by atoms with van der Waals surface area (Å²) in [6, 6.07) is 0.729. The average molecular weight is 199 g/mol. The van der Waals surface area contributed by atoms with Crippen LogP contribution < -0.4 is 5.32 Å².